The van der Waals surface area contributed by atoms with Crippen LogP contribution in [0.5, 0.6) is 11.5 Å². The molecule has 2 atom stereocenters. The average molecular weight is 504 g/mol. The molecule has 10 heteroatoms. The second-order valence-electron chi connectivity index (χ2n) is 9.51. The van der Waals surface area contributed by atoms with Gasteiger partial charge < -0.3 is 19.3 Å². The third-order valence-electron chi connectivity index (χ3n) is 7.18. The molecule has 0 unspecified atom stereocenters. The molecule has 192 valence electrons. The van der Waals surface area contributed by atoms with Crippen molar-refractivity contribution in [2.75, 3.05) is 24.5 Å². The number of piperidine rings is 1. The Kier molecular flexibility index (Phi) is 6.55. The summed E-state index contributed by atoms with van der Waals surface area (Å²) in [4.78, 5) is 31.5. The maximum absolute atomic E-state index is 14.0. The van der Waals surface area contributed by atoms with Gasteiger partial charge in [-0.2, -0.15) is 0 Å². The topological polar surface area (TPSA) is 62.3 Å². The van der Waals surface area contributed by atoms with E-state index in [0.717, 1.165) is 12.8 Å². The summed E-state index contributed by atoms with van der Waals surface area (Å²) >= 11 is 0. The van der Waals surface area contributed by atoms with Gasteiger partial charge in [-0.05, 0) is 42.7 Å². The number of nitrogens with zero attached hydrogens (tertiary/aromatic N) is 3. The lowest BCUT2D eigenvalue weighted by Crippen LogP contribution is -2.52. The van der Waals surface area contributed by atoms with E-state index in [9.17, 15) is 22.8 Å². The number of benzene rings is 2. The number of para-hydroxylation sites is 2. The second kappa shape index (κ2) is 9.65. The van der Waals surface area contributed by atoms with Crippen LogP contribution in [0.25, 0.3) is 0 Å². The van der Waals surface area contributed by atoms with Gasteiger partial charge >= 0.3 is 6.36 Å². The summed E-state index contributed by atoms with van der Waals surface area (Å²) in [5, 5.41) is 0. The Morgan fingerprint density at radius 3 is 2.44 bits per heavy atom. The normalized spacial score (nSPS) is 23.1. The zero-order valence-corrected chi connectivity index (χ0v) is 19.9. The number of halogens is 3. The third-order valence-corrected chi connectivity index (χ3v) is 7.18. The number of amides is 2. The number of hydrogen-bond acceptors (Lipinski definition) is 5. The molecule has 0 spiro atoms. The van der Waals surface area contributed by atoms with Crippen molar-refractivity contribution in [3.8, 4) is 11.5 Å². The maximum atomic E-state index is 14.0. The van der Waals surface area contributed by atoms with E-state index in [1.807, 2.05) is 29.2 Å². The Morgan fingerprint density at radius 1 is 1.08 bits per heavy atom. The molecular weight excluding hydrogens is 475 g/mol. The van der Waals surface area contributed by atoms with Crippen LogP contribution in [-0.2, 0) is 16.1 Å². The highest BCUT2D eigenvalue weighted by atomic mass is 19.4. The number of carbonyl (C=O) groups is 2. The Labute approximate surface area is 207 Å². The van der Waals surface area contributed by atoms with E-state index in [-0.39, 0.29) is 42.3 Å². The number of hydrogen-bond donors (Lipinski definition) is 0. The largest absolute Gasteiger partial charge is 0.573 e. The van der Waals surface area contributed by atoms with Crippen molar-refractivity contribution < 1.29 is 32.2 Å². The molecule has 3 heterocycles. The fraction of sp³-hybridized carbons (Fsp3) is 0.462. The standard InChI is InChI=1S/C26H28F3N3O4/c1-17(33)30-12-10-19(11-13-30)31-16-21-14-23(31)25(34)32(22-4-2-3-5-24(22)35-21)15-18-6-8-20(9-7-18)36-26(27,28)29/h2-9,19,21,23H,10-16H2,1H3/t21-,23-/m0/s1. The van der Waals surface area contributed by atoms with Crippen LogP contribution in [-0.4, -0.2) is 65.8 Å². The van der Waals surface area contributed by atoms with E-state index in [0.29, 0.717) is 43.1 Å². The van der Waals surface area contributed by atoms with Crippen molar-refractivity contribution in [2.45, 2.75) is 57.3 Å². The minimum Gasteiger partial charge on any atom is -0.487 e. The van der Waals surface area contributed by atoms with E-state index in [2.05, 4.69) is 9.64 Å². The van der Waals surface area contributed by atoms with E-state index < -0.39 is 6.36 Å². The fourth-order valence-electron chi connectivity index (χ4n) is 5.47. The fourth-order valence-corrected chi connectivity index (χ4v) is 5.47. The Hall–Kier alpha value is -3.27. The van der Waals surface area contributed by atoms with Gasteiger partial charge in [0.25, 0.3) is 0 Å². The molecule has 3 aliphatic heterocycles. The minimum atomic E-state index is -4.76. The van der Waals surface area contributed by atoms with Crippen LogP contribution in [0.1, 0.15) is 31.7 Å². The van der Waals surface area contributed by atoms with Crippen LogP contribution in [0.2, 0.25) is 0 Å². The van der Waals surface area contributed by atoms with Gasteiger partial charge in [-0.3, -0.25) is 14.5 Å². The SMILES string of the molecule is CC(=O)N1CCC(N2C[C@@H]3C[C@H]2C(=O)N(Cc2ccc(OC(F)(F)F)cc2)c2ccccc2O3)CC1. The van der Waals surface area contributed by atoms with E-state index in [1.54, 1.807) is 11.8 Å². The molecule has 2 bridgehead atoms. The van der Waals surface area contributed by atoms with E-state index in [4.69, 9.17) is 4.74 Å². The zero-order valence-electron chi connectivity index (χ0n) is 19.9. The lowest BCUT2D eigenvalue weighted by molar-refractivity contribution is -0.274. The van der Waals surface area contributed by atoms with Crippen LogP contribution < -0.4 is 14.4 Å². The van der Waals surface area contributed by atoms with Crippen molar-refractivity contribution >= 4 is 17.5 Å². The molecule has 0 aromatic heterocycles. The molecule has 2 amide bonds. The summed E-state index contributed by atoms with van der Waals surface area (Å²) in [5.41, 5.74) is 1.31. The number of ether oxygens (including phenoxy) is 2. The lowest BCUT2D eigenvalue weighted by atomic mass is 10.0. The first-order valence-corrected chi connectivity index (χ1v) is 12.1. The quantitative estimate of drug-likeness (QED) is 0.632. The Bertz CT molecular complexity index is 1120. The Morgan fingerprint density at radius 2 is 1.78 bits per heavy atom. The molecule has 0 N–H and O–H groups in total. The van der Waals surface area contributed by atoms with Crippen LogP contribution in [0, 0.1) is 0 Å². The van der Waals surface area contributed by atoms with Crippen molar-refractivity contribution in [1.82, 2.24) is 9.80 Å². The smallest absolute Gasteiger partial charge is 0.487 e. The molecule has 2 saturated heterocycles. The number of rotatable bonds is 4. The van der Waals surface area contributed by atoms with Gasteiger partial charge in [0.2, 0.25) is 11.8 Å². The molecule has 0 radical (unpaired) electrons. The molecule has 5 rings (SSSR count). The van der Waals surface area contributed by atoms with Gasteiger partial charge in [0, 0.05) is 39.0 Å². The first kappa shape index (κ1) is 24.4. The van der Waals surface area contributed by atoms with Gasteiger partial charge in [0.05, 0.1) is 18.3 Å². The number of anilines is 1. The van der Waals surface area contributed by atoms with Gasteiger partial charge in [-0.1, -0.05) is 24.3 Å². The van der Waals surface area contributed by atoms with Crippen LogP contribution >= 0.6 is 0 Å². The molecule has 2 fully saturated rings. The van der Waals surface area contributed by atoms with Gasteiger partial charge in [0.15, 0.2) is 0 Å². The summed E-state index contributed by atoms with van der Waals surface area (Å²) in [6.07, 6.45) is -2.73. The summed E-state index contributed by atoms with van der Waals surface area (Å²) in [7, 11) is 0. The van der Waals surface area contributed by atoms with Crippen molar-refractivity contribution in [1.29, 1.82) is 0 Å². The number of alkyl halides is 3. The number of fused-ring (bicyclic) bond motifs is 3. The van der Waals surface area contributed by atoms with Gasteiger partial charge in [-0.25, -0.2) is 0 Å². The highest BCUT2D eigenvalue weighted by molar-refractivity contribution is 5.99. The summed E-state index contributed by atoms with van der Waals surface area (Å²) in [6, 6.07) is 12.7. The highest BCUT2D eigenvalue weighted by Gasteiger charge is 2.46. The molecule has 2 aromatic carbocycles. The zero-order chi connectivity index (χ0) is 25.4. The summed E-state index contributed by atoms with van der Waals surface area (Å²) < 4.78 is 47.9. The molecule has 7 nitrogen and oxygen atoms in total. The first-order chi connectivity index (χ1) is 17.2. The van der Waals surface area contributed by atoms with Gasteiger partial charge in [-0.15, -0.1) is 13.2 Å². The molecule has 0 aliphatic carbocycles. The number of carbonyl (C=O) groups excluding carboxylic acids is 2. The van der Waals surface area contributed by atoms with Crippen molar-refractivity contribution in [2.24, 2.45) is 0 Å². The second-order valence-corrected chi connectivity index (χ2v) is 9.51. The lowest BCUT2D eigenvalue weighted by Gasteiger charge is -2.39. The summed E-state index contributed by atoms with van der Waals surface area (Å²) in [5.74, 6) is 0.308. The molecule has 3 aliphatic rings. The van der Waals surface area contributed by atoms with E-state index >= 15 is 0 Å². The molecule has 36 heavy (non-hydrogen) atoms. The molecule has 2 aromatic rings. The predicted molar refractivity (Wildman–Crippen MR) is 126 cm³/mol. The van der Waals surface area contributed by atoms with Gasteiger partial charge in [0.1, 0.15) is 17.6 Å². The highest BCUT2D eigenvalue weighted by Crippen LogP contribution is 2.38. The van der Waals surface area contributed by atoms with Crippen LogP contribution in [0.3, 0.4) is 0 Å². The molecule has 0 saturated carbocycles. The Balaban J connectivity index is 1.39. The average Bonchev–Trinajstić information content (AvgIpc) is 3.27. The maximum Gasteiger partial charge on any atom is 0.573 e. The monoisotopic (exact) mass is 503 g/mol. The van der Waals surface area contributed by atoms with E-state index in [1.165, 1.54) is 24.3 Å². The third kappa shape index (κ3) is 5.13. The molecular formula is C26H28F3N3O4. The van der Waals surface area contributed by atoms with Crippen molar-refractivity contribution in [3.63, 3.8) is 0 Å². The summed E-state index contributed by atoms with van der Waals surface area (Å²) in [6.45, 7) is 3.72. The minimum absolute atomic E-state index is 0.0575. The van der Waals surface area contributed by atoms with Crippen LogP contribution in [0.4, 0.5) is 18.9 Å². The number of likely N-dealkylation sites (tertiary alicyclic amines) is 2. The van der Waals surface area contributed by atoms with Crippen LogP contribution in [0.15, 0.2) is 48.5 Å². The van der Waals surface area contributed by atoms with Crippen molar-refractivity contribution in [3.05, 3.63) is 54.1 Å². The first-order valence-electron chi connectivity index (χ1n) is 12.1. The predicted octanol–water partition coefficient (Wildman–Crippen LogP) is 3.96.